The number of carbonyl (C=O) groups is 1. The van der Waals surface area contributed by atoms with E-state index in [-0.39, 0.29) is 18.6 Å². The van der Waals surface area contributed by atoms with Crippen molar-refractivity contribution in [3.8, 4) is 11.3 Å². The van der Waals surface area contributed by atoms with Crippen molar-refractivity contribution in [2.24, 2.45) is 0 Å². The van der Waals surface area contributed by atoms with Crippen LogP contribution in [0.5, 0.6) is 0 Å². The maximum absolute atomic E-state index is 11.9. The van der Waals surface area contributed by atoms with E-state index in [1.165, 1.54) is 0 Å². The number of carbonyl (C=O) groups excluding carboxylic acids is 1. The summed E-state index contributed by atoms with van der Waals surface area (Å²) < 4.78 is 10.7. The molecule has 1 atom stereocenters. The number of nitrogens with zero attached hydrogens (tertiary/aromatic N) is 1. The summed E-state index contributed by atoms with van der Waals surface area (Å²) >= 11 is 6.13. The van der Waals surface area contributed by atoms with Gasteiger partial charge < -0.3 is 19.9 Å². The lowest BCUT2D eigenvalue weighted by Gasteiger charge is -2.22. The van der Waals surface area contributed by atoms with Crippen LogP contribution in [0.15, 0.2) is 34.9 Å². The van der Waals surface area contributed by atoms with E-state index in [0.717, 1.165) is 12.1 Å². The quantitative estimate of drug-likeness (QED) is 0.874. The zero-order chi connectivity index (χ0) is 16.1. The third kappa shape index (κ3) is 4.31. The second-order valence-electron chi connectivity index (χ2n) is 5.34. The van der Waals surface area contributed by atoms with Crippen molar-refractivity contribution in [2.75, 3.05) is 19.7 Å². The Labute approximate surface area is 139 Å². The number of rotatable bonds is 5. The molecule has 0 aliphatic carbocycles. The molecule has 23 heavy (non-hydrogen) atoms. The van der Waals surface area contributed by atoms with Gasteiger partial charge >= 0.3 is 0 Å². The molecule has 2 N–H and O–H groups in total. The highest BCUT2D eigenvalue weighted by atomic mass is 35.5. The van der Waals surface area contributed by atoms with Crippen LogP contribution in [0.2, 0.25) is 5.02 Å². The fraction of sp³-hybridized carbons (Fsp3) is 0.375. The Balaban J connectivity index is 1.53. The summed E-state index contributed by atoms with van der Waals surface area (Å²) in [6, 6.07) is 9.19. The molecule has 7 heteroatoms. The molecule has 6 nitrogen and oxygen atoms in total. The van der Waals surface area contributed by atoms with E-state index in [4.69, 9.17) is 20.9 Å². The van der Waals surface area contributed by atoms with Gasteiger partial charge in [0.2, 0.25) is 5.91 Å². The van der Waals surface area contributed by atoms with E-state index < -0.39 is 0 Å². The van der Waals surface area contributed by atoms with Crippen LogP contribution in [0.25, 0.3) is 11.3 Å². The summed E-state index contributed by atoms with van der Waals surface area (Å²) in [6.45, 7) is 2.46. The second-order valence-corrected chi connectivity index (χ2v) is 5.74. The summed E-state index contributed by atoms with van der Waals surface area (Å²) in [5, 5.41) is 10.6. The Morgan fingerprint density at radius 1 is 1.43 bits per heavy atom. The summed E-state index contributed by atoms with van der Waals surface area (Å²) in [5.74, 6) is 0.505. The third-order valence-corrected chi connectivity index (χ3v) is 3.92. The van der Waals surface area contributed by atoms with Gasteiger partial charge in [-0.3, -0.25) is 4.79 Å². The van der Waals surface area contributed by atoms with Crippen molar-refractivity contribution in [3.63, 3.8) is 0 Å². The molecule has 0 bridgehead atoms. The summed E-state index contributed by atoms with van der Waals surface area (Å²) in [5.41, 5.74) is 1.46. The number of halogens is 1. The van der Waals surface area contributed by atoms with Gasteiger partial charge in [0.25, 0.3) is 0 Å². The van der Waals surface area contributed by atoms with Crippen molar-refractivity contribution in [1.29, 1.82) is 0 Å². The Morgan fingerprint density at radius 3 is 3.09 bits per heavy atom. The first-order valence-corrected chi connectivity index (χ1v) is 7.89. The molecule has 1 unspecified atom stereocenters. The van der Waals surface area contributed by atoms with Crippen molar-refractivity contribution < 1.29 is 14.1 Å². The SMILES string of the molecule is O=C(CC1CNCCO1)NCc1cc(-c2ccccc2Cl)no1. The maximum Gasteiger partial charge on any atom is 0.223 e. The highest BCUT2D eigenvalue weighted by Gasteiger charge is 2.17. The number of hydrogen-bond donors (Lipinski definition) is 2. The average Bonchev–Trinajstić information content (AvgIpc) is 3.03. The normalized spacial score (nSPS) is 17.9. The Morgan fingerprint density at radius 2 is 2.30 bits per heavy atom. The molecule has 0 radical (unpaired) electrons. The second kappa shape index (κ2) is 7.59. The minimum atomic E-state index is -0.0746. The molecule has 1 saturated heterocycles. The van der Waals surface area contributed by atoms with Gasteiger partial charge in [-0.15, -0.1) is 0 Å². The van der Waals surface area contributed by atoms with E-state index in [0.29, 0.717) is 36.0 Å². The number of ether oxygens (including phenoxy) is 1. The van der Waals surface area contributed by atoms with Gasteiger partial charge in [-0.25, -0.2) is 0 Å². The first kappa shape index (κ1) is 16.0. The smallest absolute Gasteiger partial charge is 0.223 e. The monoisotopic (exact) mass is 335 g/mol. The molecule has 3 rings (SSSR count). The molecule has 1 aliphatic rings. The lowest BCUT2D eigenvalue weighted by molar-refractivity contribution is -0.124. The van der Waals surface area contributed by atoms with Gasteiger partial charge in [0.05, 0.1) is 30.7 Å². The minimum Gasteiger partial charge on any atom is -0.375 e. The van der Waals surface area contributed by atoms with E-state index in [1.807, 2.05) is 18.2 Å². The van der Waals surface area contributed by atoms with E-state index in [1.54, 1.807) is 12.1 Å². The fourth-order valence-corrected chi connectivity index (χ4v) is 2.64. The first-order chi connectivity index (χ1) is 11.2. The van der Waals surface area contributed by atoms with E-state index >= 15 is 0 Å². The topological polar surface area (TPSA) is 76.4 Å². The number of hydrogen-bond acceptors (Lipinski definition) is 5. The number of aromatic nitrogens is 1. The predicted molar refractivity (Wildman–Crippen MR) is 86.0 cm³/mol. The zero-order valence-corrected chi connectivity index (χ0v) is 13.3. The van der Waals surface area contributed by atoms with Crippen LogP contribution in [0.1, 0.15) is 12.2 Å². The van der Waals surface area contributed by atoms with Gasteiger partial charge in [-0.2, -0.15) is 0 Å². The Hall–Kier alpha value is -1.89. The molecule has 2 aromatic rings. The molecular formula is C16H18ClN3O3. The summed E-state index contributed by atoms with van der Waals surface area (Å²) in [4.78, 5) is 11.9. The Kier molecular flexibility index (Phi) is 5.27. The lowest BCUT2D eigenvalue weighted by Crippen LogP contribution is -2.41. The molecule has 1 aliphatic heterocycles. The third-order valence-electron chi connectivity index (χ3n) is 3.59. The average molecular weight is 336 g/mol. The highest BCUT2D eigenvalue weighted by Crippen LogP contribution is 2.26. The van der Waals surface area contributed by atoms with E-state index in [2.05, 4.69) is 15.8 Å². The maximum atomic E-state index is 11.9. The molecule has 0 spiro atoms. The molecule has 1 aromatic heterocycles. The molecule has 1 fully saturated rings. The zero-order valence-electron chi connectivity index (χ0n) is 12.5. The standard InChI is InChI=1S/C16H18ClN3O3/c17-14-4-2-1-3-13(14)15-7-12(23-20-15)10-19-16(21)8-11-9-18-5-6-22-11/h1-4,7,11,18H,5-6,8-10H2,(H,19,21). The number of morpholine rings is 1. The first-order valence-electron chi connectivity index (χ1n) is 7.52. The highest BCUT2D eigenvalue weighted by molar-refractivity contribution is 6.33. The molecule has 2 heterocycles. The molecule has 1 amide bonds. The largest absolute Gasteiger partial charge is 0.375 e. The fourth-order valence-electron chi connectivity index (χ4n) is 2.41. The van der Waals surface area contributed by atoms with E-state index in [9.17, 15) is 4.79 Å². The van der Waals surface area contributed by atoms with Gasteiger partial charge in [0.1, 0.15) is 5.69 Å². The van der Waals surface area contributed by atoms with Gasteiger partial charge in [0, 0.05) is 24.7 Å². The van der Waals surface area contributed by atoms with Crippen LogP contribution in [-0.2, 0) is 16.1 Å². The number of amides is 1. The van der Waals surface area contributed by atoms with Crippen LogP contribution in [0.3, 0.4) is 0 Å². The van der Waals surface area contributed by atoms with Crippen molar-refractivity contribution >= 4 is 17.5 Å². The van der Waals surface area contributed by atoms with Crippen LogP contribution in [0.4, 0.5) is 0 Å². The Bertz CT molecular complexity index is 668. The molecule has 122 valence electrons. The van der Waals surface area contributed by atoms with Crippen LogP contribution in [-0.4, -0.2) is 36.9 Å². The van der Waals surface area contributed by atoms with Crippen LogP contribution < -0.4 is 10.6 Å². The lowest BCUT2D eigenvalue weighted by atomic mass is 10.1. The van der Waals surface area contributed by atoms with Gasteiger partial charge in [-0.1, -0.05) is 35.0 Å². The summed E-state index contributed by atoms with van der Waals surface area (Å²) in [6.07, 6.45) is 0.260. The van der Waals surface area contributed by atoms with Crippen LogP contribution in [0, 0.1) is 0 Å². The van der Waals surface area contributed by atoms with Crippen molar-refractivity contribution in [1.82, 2.24) is 15.8 Å². The molecular weight excluding hydrogens is 318 g/mol. The summed E-state index contributed by atoms with van der Waals surface area (Å²) in [7, 11) is 0. The molecule has 1 aromatic carbocycles. The number of nitrogens with one attached hydrogen (secondary N) is 2. The predicted octanol–water partition coefficient (Wildman–Crippen LogP) is 1.99. The molecule has 0 saturated carbocycles. The van der Waals surface area contributed by atoms with Crippen LogP contribution >= 0.6 is 11.6 Å². The number of benzene rings is 1. The van der Waals surface area contributed by atoms with Gasteiger partial charge in [0.15, 0.2) is 5.76 Å². The van der Waals surface area contributed by atoms with Crippen molar-refractivity contribution in [2.45, 2.75) is 19.1 Å². The minimum absolute atomic E-state index is 0.0721. The van der Waals surface area contributed by atoms with Crippen molar-refractivity contribution in [3.05, 3.63) is 41.1 Å². The van der Waals surface area contributed by atoms with Gasteiger partial charge in [-0.05, 0) is 6.07 Å².